The first-order chi connectivity index (χ1) is 17.5. The molecule has 1 aliphatic carbocycles. The standard InChI is InChI=1S/C21H41N5O11/c1-26-11-14(30)18-8(33-20(11)37-21-16(32)13(29)10(25)9(4-27)34-21)3-7(24)19(36-18)35-17-6(23)2-5(22)12(28)15(17)31/h5-21,26-32H,2-4,22-25H2,1H3/t5-,6+,7-,8+,9-,10-,11+,12+,13+,14-,15-,16-,17-,18?,19+,20?,21-/m1/s1. The maximum Gasteiger partial charge on any atom is 0.189 e. The summed E-state index contributed by atoms with van der Waals surface area (Å²) in [4.78, 5) is 0. The molecule has 3 saturated heterocycles. The zero-order valence-corrected chi connectivity index (χ0v) is 20.5. The Morgan fingerprint density at radius 1 is 0.730 bits per heavy atom. The molecule has 3 aliphatic heterocycles. The smallest absolute Gasteiger partial charge is 0.189 e. The highest BCUT2D eigenvalue weighted by Crippen LogP contribution is 2.35. The second-order valence-electron chi connectivity index (χ2n) is 10.3. The van der Waals surface area contributed by atoms with Gasteiger partial charge in [0, 0.05) is 12.1 Å². The maximum atomic E-state index is 11.1. The highest BCUT2D eigenvalue weighted by atomic mass is 16.8. The molecule has 2 unspecified atom stereocenters. The lowest BCUT2D eigenvalue weighted by atomic mass is 9.84. The first kappa shape index (κ1) is 29.3. The Kier molecular flexibility index (Phi) is 9.40. The van der Waals surface area contributed by atoms with E-state index in [-0.39, 0.29) is 12.8 Å². The average Bonchev–Trinajstić information content (AvgIpc) is 2.86. The number of hydrogen-bond acceptors (Lipinski definition) is 16. The van der Waals surface area contributed by atoms with Crippen LogP contribution >= 0.6 is 0 Å². The fourth-order valence-electron chi connectivity index (χ4n) is 5.46. The van der Waals surface area contributed by atoms with Gasteiger partial charge < -0.3 is 82.6 Å². The fourth-order valence-corrected chi connectivity index (χ4v) is 5.46. The zero-order valence-electron chi connectivity index (χ0n) is 20.5. The highest BCUT2D eigenvalue weighted by Gasteiger charge is 2.54. The van der Waals surface area contributed by atoms with Crippen LogP contribution in [-0.4, -0.2) is 148 Å². The largest absolute Gasteiger partial charge is 0.394 e. The lowest BCUT2D eigenvalue weighted by Crippen LogP contribution is -2.70. The van der Waals surface area contributed by atoms with Crippen LogP contribution < -0.4 is 28.3 Å². The number of fused-ring (bicyclic) bond motifs is 1. The van der Waals surface area contributed by atoms with Gasteiger partial charge in [0.25, 0.3) is 0 Å². The van der Waals surface area contributed by atoms with Gasteiger partial charge in [0.1, 0.15) is 42.7 Å². The number of ether oxygens (including phenoxy) is 5. The van der Waals surface area contributed by atoms with Crippen molar-refractivity contribution in [3.05, 3.63) is 0 Å². The summed E-state index contributed by atoms with van der Waals surface area (Å²) in [5.74, 6) is 0. The number of rotatable bonds is 6. The number of aliphatic hydroxyl groups is 6. The highest BCUT2D eigenvalue weighted by molar-refractivity contribution is 5.01. The van der Waals surface area contributed by atoms with Crippen molar-refractivity contribution >= 4 is 0 Å². The second kappa shape index (κ2) is 11.8. The Hall–Kier alpha value is -0.640. The predicted molar refractivity (Wildman–Crippen MR) is 123 cm³/mol. The van der Waals surface area contributed by atoms with Gasteiger partial charge in [-0.05, 0) is 19.9 Å². The number of likely N-dealkylation sites (N-methyl/N-ethyl adjacent to an activating group) is 1. The number of nitrogens with two attached hydrogens (primary N) is 4. The third-order valence-electron chi connectivity index (χ3n) is 7.74. The Morgan fingerprint density at radius 2 is 1.43 bits per heavy atom. The fraction of sp³-hybridized carbons (Fsp3) is 1.00. The Bertz CT molecular complexity index is 756. The van der Waals surface area contributed by atoms with Gasteiger partial charge in [-0.2, -0.15) is 0 Å². The van der Waals surface area contributed by atoms with Crippen molar-refractivity contribution in [3.8, 4) is 0 Å². The van der Waals surface area contributed by atoms with Gasteiger partial charge >= 0.3 is 0 Å². The maximum absolute atomic E-state index is 11.1. The summed E-state index contributed by atoms with van der Waals surface area (Å²) in [7, 11) is 1.55. The molecule has 0 aromatic carbocycles. The van der Waals surface area contributed by atoms with Crippen LogP contribution in [0.2, 0.25) is 0 Å². The molecule has 3 heterocycles. The van der Waals surface area contributed by atoms with Gasteiger partial charge in [-0.25, -0.2) is 0 Å². The van der Waals surface area contributed by atoms with E-state index in [0.29, 0.717) is 0 Å². The normalized spacial score (nSPS) is 55.1. The van der Waals surface area contributed by atoms with Crippen LogP contribution in [0.4, 0.5) is 0 Å². The molecule has 4 aliphatic rings. The number of nitrogens with one attached hydrogen (secondary N) is 1. The molecule has 0 radical (unpaired) electrons. The topological polar surface area (TPSA) is 284 Å². The summed E-state index contributed by atoms with van der Waals surface area (Å²) < 4.78 is 29.2. The average molecular weight is 540 g/mol. The van der Waals surface area contributed by atoms with Crippen molar-refractivity contribution in [3.63, 3.8) is 0 Å². The molecule has 216 valence electrons. The van der Waals surface area contributed by atoms with Crippen molar-refractivity contribution in [2.24, 2.45) is 22.9 Å². The molecule has 0 spiro atoms. The zero-order chi connectivity index (χ0) is 27.2. The molecule has 0 amide bonds. The lowest BCUT2D eigenvalue weighted by molar-refractivity contribution is -0.373. The third kappa shape index (κ3) is 5.66. The molecule has 15 N–H and O–H groups in total. The molecular weight excluding hydrogens is 498 g/mol. The summed E-state index contributed by atoms with van der Waals surface area (Å²) >= 11 is 0. The summed E-state index contributed by atoms with van der Waals surface area (Å²) in [6.07, 6.45) is -13.7. The van der Waals surface area contributed by atoms with Crippen LogP contribution in [0.15, 0.2) is 0 Å². The third-order valence-corrected chi connectivity index (χ3v) is 7.74. The Labute approximate surface area is 213 Å². The van der Waals surface area contributed by atoms with Gasteiger partial charge in [0.05, 0.1) is 36.9 Å². The minimum absolute atomic E-state index is 0.156. The quantitative estimate of drug-likeness (QED) is 0.149. The summed E-state index contributed by atoms with van der Waals surface area (Å²) in [6, 6.07) is -4.05. The lowest BCUT2D eigenvalue weighted by Gasteiger charge is -2.51. The van der Waals surface area contributed by atoms with Crippen LogP contribution in [0.5, 0.6) is 0 Å². The van der Waals surface area contributed by atoms with Crippen molar-refractivity contribution in [2.45, 2.75) is 117 Å². The first-order valence-corrected chi connectivity index (χ1v) is 12.5. The van der Waals surface area contributed by atoms with E-state index in [2.05, 4.69) is 5.32 Å². The molecule has 0 bridgehead atoms. The van der Waals surface area contributed by atoms with Gasteiger partial charge in [0.2, 0.25) is 0 Å². The molecule has 16 nitrogen and oxygen atoms in total. The van der Waals surface area contributed by atoms with Crippen LogP contribution in [0.25, 0.3) is 0 Å². The van der Waals surface area contributed by atoms with Gasteiger partial charge in [0.15, 0.2) is 18.9 Å². The van der Waals surface area contributed by atoms with E-state index < -0.39 is 111 Å². The van der Waals surface area contributed by atoms with E-state index in [0.717, 1.165) is 0 Å². The molecule has 17 atom stereocenters. The molecule has 4 rings (SSSR count). The van der Waals surface area contributed by atoms with Crippen molar-refractivity contribution < 1.29 is 54.3 Å². The Balaban J connectivity index is 1.43. The van der Waals surface area contributed by atoms with Crippen molar-refractivity contribution in [1.82, 2.24) is 5.32 Å². The van der Waals surface area contributed by atoms with Crippen LogP contribution in [0, 0.1) is 0 Å². The first-order valence-electron chi connectivity index (χ1n) is 12.5. The van der Waals surface area contributed by atoms with E-state index in [4.69, 9.17) is 46.6 Å². The van der Waals surface area contributed by atoms with Gasteiger partial charge in [-0.3, -0.25) is 0 Å². The number of hydrogen-bond donors (Lipinski definition) is 11. The second-order valence-corrected chi connectivity index (χ2v) is 10.3. The van der Waals surface area contributed by atoms with Crippen molar-refractivity contribution in [2.75, 3.05) is 13.7 Å². The predicted octanol–water partition coefficient (Wildman–Crippen LogP) is -6.95. The van der Waals surface area contributed by atoms with Crippen LogP contribution in [-0.2, 0) is 23.7 Å². The van der Waals surface area contributed by atoms with Crippen LogP contribution in [0.1, 0.15) is 12.8 Å². The minimum atomic E-state index is -1.54. The minimum Gasteiger partial charge on any atom is -0.394 e. The molecule has 16 heteroatoms. The van der Waals surface area contributed by atoms with Gasteiger partial charge in [-0.15, -0.1) is 0 Å². The molecule has 1 saturated carbocycles. The number of aliphatic hydroxyl groups excluding tert-OH is 6. The SMILES string of the molecule is CN[C@@H]1C(O[C@H]2O[C@H](CO)[C@@H](N)[C@H](O)[C@H]2O)O[C@H]2C[C@@H](N)[C@@H](O[C@H]3[C@H](O)[C@@H](O)[C@H](N)C[C@@H]3N)OC2[C@@H]1O. The van der Waals surface area contributed by atoms with E-state index in [1.165, 1.54) is 0 Å². The summed E-state index contributed by atoms with van der Waals surface area (Å²) in [5.41, 5.74) is 24.0. The van der Waals surface area contributed by atoms with E-state index >= 15 is 0 Å². The Morgan fingerprint density at radius 3 is 2.08 bits per heavy atom. The van der Waals surface area contributed by atoms with E-state index in [1.54, 1.807) is 7.05 Å². The molecule has 4 fully saturated rings. The molecular formula is C21H41N5O11. The van der Waals surface area contributed by atoms with Gasteiger partial charge in [-0.1, -0.05) is 0 Å². The van der Waals surface area contributed by atoms with Crippen LogP contribution in [0.3, 0.4) is 0 Å². The monoisotopic (exact) mass is 539 g/mol. The summed E-state index contributed by atoms with van der Waals surface area (Å²) in [6.45, 7) is -0.508. The van der Waals surface area contributed by atoms with E-state index in [9.17, 15) is 30.6 Å². The molecule has 0 aromatic rings. The molecule has 0 aromatic heterocycles. The van der Waals surface area contributed by atoms with E-state index in [1.807, 2.05) is 0 Å². The molecule has 37 heavy (non-hydrogen) atoms. The van der Waals surface area contributed by atoms with Crippen molar-refractivity contribution in [1.29, 1.82) is 0 Å². The summed E-state index contributed by atoms with van der Waals surface area (Å²) in [5, 5.41) is 64.7.